The minimum atomic E-state index is -2.51. The smallest absolute Gasteiger partial charge is 0.339 e. The van der Waals surface area contributed by atoms with Crippen LogP contribution in [-0.2, 0) is 15.0 Å². The third-order valence-corrected chi connectivity index (χ3v) is 1.96. The van der Waals surface area contributed by atoms with Crippen LogP contribution >= 0.6 is 0 Å². The Morgan fingerprint density at radius 1 is 1.47 bits per heavy atom. The minimum absolute atomic E-state index is 0.0961. The molecule has 0 aliphatic heterocycles. The average molecular weight is 229 g/mol. The van der Waals surface area contributed by atoms with E-state index < -0.39 is 21.8 Å². The van der Waals surface area contributed by atoms with Crippen LogP contribution in [-0.4, -0.2) is 31.6 Å². The number of methoxy groups -OCH3 is 1. The molecule has 1 aromatic heterocycles. The van der Waals surface area contributed by atoms with Crippen molar-refractivity contribution >= 4 is 21.8 Å². The van der Waals surface area contributed by atoms with Gasteiger partial charge in [-0.25, -0.2) is 4.79 Å². The number of pyridine rings is 1. The van der Waals surface area contributed by atoms with Gasteiger partial charge in [0.2, 0.25) is 10.3 Å². The summed E-state index contributed by atoms with van der Waals surface area (Å²) >= 11 is 0. The standard InChI is InChI=1S/C8H7NO5S/c1-14-8(11)6-2-3-7(10)9(4-6)5-15(12)13/h2-5H,1H3. The lowest BCUT2D eigenvalue weighted by Crippen LogP contribution is -2.20. The van der Waals surface area contributed by atoms with Gasteiger partial charge in [0.15, 0.2) is 0 Å². The first kappa shape index (κ1) is 11.2. The van der Waals surface area contributed by atoms with Crippen LogP contribution in [0.1, 0.15) is 10.4 Å². The van der Waals surface area contributed by atoms with Crippen LogP contribution in [0.5, 0.6) is 0 Å². The number of hydrogen-bond donors (Lipinski definition) is 0. The Labute approximate surface area is 86.3 Å². The molecule has 0 amide bonds. The zero-order valence-corrected chi connectivity index (χ0v) is 8.52. The Hall–Kier alpha value is -1.89. The molecule has 0 unspecified atom stereocenters. The van der Waals surface area contributed by atoms with Gasteiger partial charge in [-0.2, -0.15) is 8.42 Å². The molecule has 1 aromatic rings. The molecule has 1 rings (SSSR count). The summed E-state index contributed by atoms with van der Waals surface area (Å²) in [6.07, 6.45) is 1.09. The van der Waals surface area contributed by atoms with E-state index in [-0.39, 0.29) is 5.56 Å². The summed E-state index contributed by atoms with van der Waals surface area (Å²) in [7, 11) is -1.33. The summed E-state index contributed by atoms with van der Waals surface area (Å²) in [6, 6.07) is 2.34. The van der Waals surface area contributed by atoms with Crippen molar-refractivity contribution in [2.75, 3.05) is 7.11 Å². The zero-order valence-electron chi connectivity index (χ0n) is 7.71. The van der Waals surface area contributed by atoms with Crippen LogP contribution in [0.15, 0.2) is 23.1 Å². The molecule has 0 saturated heterocycles. The molecule has 0 aromatic carbocycles. The van der Waals surface area contributed by atoms with Gasteiger partial charge < -0.3 is 4.74 Å². The highest BCUT2D eigenvalue weighted by Gasteiger charge is 2.06. The first-order chi connectivity index (χ1) is 7.04. The Kier molecular flexibility index (Phi) is 3.40. The Balaban J connectivity index is 3.35. The fourth-order valence-corrected chi connectivity index (χ4v) is 1.27. The number of esters is 1. The highest BCUT2D eigenvalue weighted by Crippen LogP contribution is 1.96. The van der Waals surface area contributed by atoms with Crippen LogP contribution in [0.4, 0.5) is 0 Å². The summed E-state index contributed by atoms with van der Waals surface area (Å²) in [4.78, 5) is 22.2. The average Bonchev–Trinajstić information content (AvgIpc) is 2.19. The molecule has 0 spiro atoms. The normalized spacial score (nSPS) is 9.40. The van der Waals surface area contributed by atoms with Crippen molar-refractivity contribution in [3.63, 3.8) is 0 Å². The van der Waals surface area contributed by atoms with Crippen LogP contribution in [0.2, 0.25) is 0 Å². The summed E-state index contributed by atoms with van der Waals surface area (Å²) in [6.45, 7) is 0. The van der Waals surface area contributed by atoms with Crippen LogP contribution in [0.3, 0.4) is 0 Å². The second kappa shape index (κ2) is 4.56. The molecule has 0 atom stereocenters. The Morgan fingerprint density at radius 3 is 2.67 bits per heavy atom. The van der Waals surface area contributed by atoms with Crippen molar-refractivity contribution in [2.24, 2.45) is 0 Å². The molecule has 0 N–H and O–H groups in total. The Bertz CT molecular complexity index is 561. The van der Waals surface area contributed by atoms with Crippen molar-refractivity contribution in [1.29, 1.82) is 0 Å². The number of carbonyl (C=O) groups excluding carboxylic acids is 1. The van der Waals surface area contributed by atoms with Gasteiger partial charge >= 0.3 is 5.97 Å². The van der Waals surface area contributed by atoms with E-state index in [4.69, 9.17) is 0 Å². The second-order valence-corrected chi connectivity index (χ2v) is 3.25. The molecule has 0 bridgehead atoms. The van der Waals surface area contributed by atoms with Crippen LogP contribution in [0.25, 0.3) is 0 Å². The molecular weight excluding hydrogens is 222 g/mol. The van der Waals surface area contributed by atoms with Crippen LogP contribution in [0, 0.1) is 0 Å². The van der Waals surface area contributed by atoms with E-state index in [1.54, 1.807) is 0 Å². The molecule has 15 heavy (non-hydrogen) atoms. The number of nitrogens with zero attached hydrogens (tertiary/aromatic N) is 1. The van der Waals surface area contributed by atoms with Gasteiger partial charge in [0.25, 0.3) is 5.56 Å². The number of hydrogen-bond acceptors (Lipinski definition) is 5. The molecule has 0 saturated carbocycles. The largest absolute Gasteiger partial charge is 0.465 e. The zero-order chi connectivity index (χ0) is 11.4. The van der Waals surface area contributed by atoms with E-state index >= 15 is 0 Å². The molecule has 7 heteroatoms. The maximum Gasteiger partial charge on any atom is 0.339 e. The van der Waals surface area contributed by atoms with Gasteiger partial charge in [0.1, 0.15) is 5.49 Å². The summed E-state index contributed by atoms with van der Waals surface area (Å²) in [5.41, 5.74) is 0.208. The summed E-state index contributed by atoms with van der Waals surface area (Å²) in [5, 5.41) is 0. The summed E-state index contributed by atoms with van der Waals surface area (Å²) < 4.78 is 25.9. The van der Waals surface area contributed by atoms with Crippen LogP contribution < -0.4 is 5.56 Å². The predicted octanol–water partition coefficient (Wildman–Crippen LogP) is -0.878. The topological polar surface area (TPSA) is 82.4 Å². The summed E-state index contributed by atoms with van der Waals surface area (Å²) in [5.74, 6) is -0.645. The number of ether oxygens (including phenoxy) is 1. The van der Waals surface area contributed by atoms with Gasteiger partial charge in [-0.15, -0.1) is 0 Å². The highest BCUT2D eigenvalue weighted by atomic mass is 32.2. The molecular formula is C8H7NO5S. The van der Waals surface area contributed by atoms with Gasteiger partial charge in [-0.05, 0) is 6.07 Å². The predicted molar refractivity (Wildman–Crippen MR) is 52.4 cm³/mol. The number of carbonyl (C=O) groups is 1. The molecule has 0 radical (unpaired) electrons. The van der Waals surface area contributed by atoms with Gasteiger partial charge in [-0.3, -0.25) is 9.36 Å². The molecule has 6 nitrogen and oxygen atoms in total. The van der Waals surface area contributed by atoms with Crippen molar-refractivity contribution in [3.8, 4) is 0 Å². The van der Waals surface area contributed by atoms with Crippen molar-refractivity contribution in [3.05, 3.63) is 34.2 Å². The molecule has 1 heterocycles. The maximum absolute atomic E-state index is 11.1. The van der Waals surface area contributed by atoms with Crippen molar-refractivity contribution < 1.29 is 17.9 Å². The first-order valence-corrected chi connectivity index (χ1v) is 4.92. The lowest BCUT2D eigenvalue weighted by molar-refractivity contribution is 0.0600. The first-order valence-electron chi connectivity index (χ1n) is 3.78. The fourth-order valence-electron chi connectivity index (χ4n) is 0.917. The van der Waals surface area contributed by atoms with Crippen molar-refractivity contribution in [2.45, 2.75) is 0 Å². The third-order valence-electron chi connectivity index (χ3n) is 1.56. The molecule has 0 fully saturated rings. The molecule has 0 aliphatic rings. The number of aromatic nitrogens is 1. The Morgan fingerprint density at radius 2 is 2.13 bits per heavy atom. The van der Waals surface area contributed by atoms with Crippen molar-refractivity contribution in [1.82, 2.24) is 4.57 Å². The number of rotatable bonds is 2. The lowest BCUT2D eigenvalue weighted by Gasteiger charge is -2.00. The third kappa shape index (κ3) is 2.78. The highest BCUT2D eigenvalue weighted by molar-refractivity contribution is 7.71. The van der Waals surface area contributed by atoms with Gasteiger partial charge in [0.05, 0.1) is 12.7 Å². The fraction of sp³-hybridized carbons (Fsp3) is 0.125. The molecule has 0 aliphatic carbocycles. The quantitative estimate of drug-likeness (QED) is 0.486. The lowest BCUT2D eigenvalue weighted by atomic mass is 10.3. The van der Waals surface area contributed by atoms with E-state index in [2.05, 4.69) is 4.74 Å². The van der Waals surface area contributed by atoms with Gasteiger partial charge in [-0.1, -0.05) is 0 Å². The second-order valence-electron chi connectivity index (χ2n) is 2.52. The van der Waals surface area contributed by atoms with Gasteiger partial charge in [0, 0.05) is 12.3 Å². The van der Waals surface area contributed by atoms with E-state index in [1.807, 2.05) is 0 Å². The molecule has 80 valence electrons. The minimum Gasteiger partial charge on any atom is -0.465 e. The SMILES string of the molecule is COC(=O)c1ccc(=O)n(C=S(=O)=O)c1. The van der Waals surface area contributed by atoms with E-state index in [0.717, 1.165) is 16.8 Å². The monoisotopic (exact) mass is 229 g/mol. The van der Waals surface area contributed by atoms with E-state index in [9.17, 15) is 18.0 Å². The van der Waals surface area contributed by atoms with E-state index in [1.165, 1.54) is 13.2 Å². The van der Waals surface area contributed by atoms with E-state index in [0.29, 0.717) is 5.49 Å². The maximum atomic E-state index is 11.1.